The number of carbonyl (C=O) groups is 2. The van der Waals surface area contributed by atoms with Gasteiger partial charge in [0.25, 0.3) is 11.8 Å². The van der Waals surface area contributed by atoms with Crippen LogP contribution in [0.2, 0.25) is 0 Å². The Labute approximate surface area is 138 Å². The summed E-state index contributed by atoms with van der Waals surface area (Å²) in [5.41, 5.74) is 2.69. The summed E-state index contributed by atoms with van der Waals surface area (Å²) in [4.78, 5) is 24.6. The molecule has 3 N–H and O–H groups in total. The summed E-state index contributed by atoms with van der Waals surface area (Å²) in [6.45, 7) is 2.74. The largest absolute Gasteiger partial charge is 0.351 e. The Kier molecular flexibility index (Phi) is 3.34. The van der Waals surface area contributed by atoms with E-state index < -0.39 is 0 Å². The van der Waals surface area contributed by atoms with Crippen LogP contribution in [0.5, 0.6) is 0 Å². The molecule has 1 aliphatic rings. The van der Waals surface area contributed by atoms with Crippen LogP contribution >= 0.6 is 0 Å². The van der Waals surface area contributed by atoms with Crippen LogP contribution in [0.25, 0.3) is 10.9 Å². The summed E-state index contributed by atoms with van der Waals surface area (Å²) in [5.74, 6) is -0.278. The van der Waals surface area contributed by atoms with Gasteiger partial charge >= 0.3 is 0 Å². The molecule has 0 saturated heterocycles. The van der Waals surface area contributed by atoms with Crippen molar-refractivity contribution in [3.8, 4) is 0 Å². The van der Waals surface area contributed by atoms with Gasteiger partial charge in [0.15, 0.2) is 0 Å². The van der Waals surface area contributed by atoms with Crippen LogP contribution in [0, 0.1) is 0 Å². The third-order valence-electron chi connectivity index (χ3n) is 4.38. The molecule has 1 aromatic carbocycles. The van der Waals surface area contributed by atoms with Gasteiger partial charge in [0.05, 0.1) is 11.9 Å². The molecule has 0 aliphatic carbocycles. The molecular weight excluding hydrogens is 306 g/mol. The zero-order valence-corrected chi connectivity index (χ0v) is 13.2. The molecule has 0 saturated carbocycles. The molecule has 7 nitrogen and oxygen atoms in total. The van der Waals surface area contributed by atoms with E-state index in [1.54, 1.807) is 18.5 Å². The number of aromatic nitrogens is 3. The lowest BCUT2D eigenvalue weighted by Crippen LogP contribution is -2.22. The van der Waals surface area contributed by atoms with Gasteiger partial charge < -0.3 is 15.2 Å². The van der Waals surface area contributed by atoms with Gasteiger partial charge in [-0.2, -0.15) is 5.10 Å². The summed E-state index contributed by atoms with van der Waals surface area (Å²) in [6, 6.07) is 7.54. The Hall–Kier alpha value is -3.09. The number of amides is 2. The van der Waals surface area contributed by atoms with E-state index in [0.29, 0.717) is 23.5 Å². The molecule has 1 atom stereocenters. The lowest BCUT2D eigenvalue weighted by atomic mass is 10.1. The van der Waals surface area contributed by atoms with Crippen molar-refractivity contribution in [2.45, 2.75) is 19.4 Å². The molecule has 0 bridgehead atoms. The van der Waals surface area contributed by atoms with Crippen molar-refractivity contribution < 1.29 is 9.59 Å². The first-order chi connectivity index (χ1) is 11.6. The Morgan fingerprint density at radius 3 is 3.04 bits per heavy atom. The van der Waals surface area contributed by atoms with Crippen LogP contribution in [-0.4, -0.2) is 33.1 Å². The molecule has 122 valence electrons. The number of carbonyl (C=O) groups excluding carboxylic acids is 2. The number of hydrogen-bond acceptors (Lipinski definition) is 3. The predicted octanol–water partition coefficient (Wildman–Crippen LogP) is 2.31. The van der Waals surface area contributed by atoms with E-state index in [9.17, 15) is 9.59 Å². The Morgan fingerprint density at radius 1 is 1.38 bits per heavy atom. The van der Waals surface area contributed by atoms with E-state index in [1.807, 2.05) is 22.8 Å². The van der Waals surface area contributed by atoms with Crippen molar-refractivity contribution >= 4 is 28.4 Å². The summed E-state index contributed by atoms with van der Waals surface area (Å²) in [5, 5.41) is 13.1. The Bertz CT molecular complexity index is 926. The third-order valence-corrected chi connectivity index (χ3v) is 4.38. The maximum Gasteiger partial charge on any atom is 0.267 e. The highest BCUT2D eigenvalue weighted by molar-refractivity contribution is 6.07. The van der Waals surface area contributed by atoms with Crippen molar-refractivity contribution in [2.24, 2.45) is 0 Å². The van der Waals surface area contributed by atoms with Gasteiger partial charge in [-0.3, -0.25) is 14.7 Å². The normalized spacial score (nSPS) is 17.2. The van der Waals surface area contributed by atoms with Crippen molar-refractivity contribution in [1.29, 1.82) is 0 Å². The zero-order valence-electron chi connectivity index (χ0n) is 13.2. The van der Waals surface area contributed by atoms with Crippen LogP contribution in [0.4, 0.5) is 5.69 Å². The van der Waals surface area contributed by atoms with E-state index in [2.05, 4.69) is 27.8 Å². The van der Waals surface area contributed by atoms with Crippen LogP contribution < -0.4 is 10.6 Å². The highest BCUT2D eigenvalue weighted by Gasteiger charge is 2.23. The number of anilines is 1. The summed E-state index contributed by atoms with van der Waals surface area (Å²) >= 11 is 0. The van der Waals surface area contributed by atoms with Crippen LogP contribution in [0.15, 0.2) is 36.7 Å². The second-order valence-electron chi connectivity index (χ2n) is 6.01. The second-order valence-corrected chi connectivity index (χ2v) is 6.01. The topological polar surface area (TPSA) is 91.8 Å². The van der Waals surface area contributed by atoms with Crippen LogP contribution in [0.3, 0.4) is 0 Å². The number of H-pyrrole nitrogens is 1. The van der Waals surface area contributed by atoms with Gasteiger partial charge in [-0.15, -0.1) is 0 Å². The predicted molar refractivity (Wildman–Crippen MR) is 90.1 cm³/mol. The van der Waals surface area contributed by atoms with E-state index in [4.69, 9.17) is 0 Å². The minimum absolute atomic E-state index is 0.0695. The van der Waals surface area contributed by atoms with Gasteiger partial charge in [-0.1, -0.05) is 6.07 Å². The van der Waals surface area contributed by atoms with E-state index in [-0.39, 0.29) is 17.9 Å². The fourth-order valence-electron chi connectivity index (χ4n) is 3.15. The van der Waals surface area contributed by atoms with Crippen molar-refractivity contribution in [2.75, 3.05) is 11.9 Å². The van der Waals surface area contributed by atoms with Gasteiger partial charge in [-0.25, -0.2) is 0 Å². The SMILES string of the molecule is CC1CCNC(=O)c2cc3ccc(C(=O)Nc4cn[nH]c4)cc3n21. The summed E-state index contributed by atoms with van der Waals surface area (Å²) in [6.07, 6.45) is 4.02. The highest BCUT2D eigenvalue weighted by atomic mass is 16.2. The van der Waals surface area contributed by atoms with Gasteiger partial charge in [0.2, 0.25) is 0 Å². The van der Waals surface area contributed by atoms with Crippen molar-refractivity contribution in [3.63, 3.8) is 0 Å². The molecule has 0 spiro atoms. The summed E-state index contributed by atoms with van der Waals surface area (Å²) in [7, 11) is 0. The summed E-state index contributed by atoms with van der Waals surface area (Å²) < 4.78 is 2.02. The molecule has 3 aromatic rings. The number of benzene rings is 1. The lowest BCUT2D eigenvalue weighted by Gasteiger charge is -2.14. The van der Waals surface area contributed by atoms with E-state index in [1.165, 1.54) is 0 Å². The van der Waals surface area contributed by atoms with Gasteiger partial charge in [-0.05, 0) is 31.5 Å². The first-order valence-electron chi connectivity index (χ1n) is 7.87. The number of rotatable bonds is 2. The molecule has 1 aliphatic heterocycles. The average Bonchev–Trinajstić information content (AvgIpc) is 3.18. The molecule has 2 aromatic heterocycles. The molecule has 7 heteroatoms. The van der Waals surface area contributed by atoms with Crippen LogP contribution in [-0.2, 0) is 0 Å². The Balaban J connectivity index is 1.77. The zero-order chi connectivity index (χ0) is 16.7. The first kappa shape index (κ1) is 14.5. The van der Waals surface area contributed by atoms with E-state index >= 15 is 0 Å². The smallest absolute Gasteiger partial charge is 0.267 e. The lowest BCUT2D eigenvalue weighted by molar-refractivity contribution is 0.0950. The highest BCUT2D eigenvalue weighted by Crippen LogP contribution is 2.28. The quantitative estimate of drug-likeness (QED) is 0.676. The first-order valence-corrected chi connectivity index (χ1v) is 7.87. The van der Waals surface area contributed by atoms with Gasteiger partial charge in [0, 0.05) is 35.2 Å². The number of hydrogen-bond donors (Lipinski definition) is 3. The Morgan fingerprint density at radius 2 is 2.25 bits per heavy atom. The molecule has 1 unspecified atom stereocenters. The molecule has 0 fully saturated rings. The minimum atomic E-state index is -0.209. The molecule has 3 heterocycles. The van der Waals surface area contributed by atoms with Crippen LogP contribution in [0.1, 0.15) is 40.2 Å². The number of fused-ring (bicyclic) bond motifs is 3. The van der Waals surface area contributed by atoms with E-state index in [0.717, 1.165) is 17.3 Å². The molecule has 0 radical (unpaired) electrons. The maximum atomic E-state index is 12.4. The molecule has 4 rings (SSSR count). The molecular formula is C17H17N5O2. The van der Waals surface area contributed by atoms with Crippen molar-refractivity contribution in [3.05, 3.63) is 47.9 Å². The maximum absolute atomic E-state index is 12.4. The van der Waals surface area contributed by atoms with Crippen molar-refractivity contribution in [1.82, 2.24) is 20.1 Å². The monoisotopic (exact) mass is 323 g/mol. The number of nitrogens with one attached hydrogen (secondary N) is 3. The minimum Gasteiger partial charge on any atom is -0.351 e. The fourth-order valence-corrected chi connectivity index (χ4v) is 3.15. The fraction of sp³-hybridized carbons (Fsp3) is 0.235. The standard InChI is InChI=1S/C17H17N5O2/c1-10-4-5-18-17(24)15-6-11-2-3-12(7-14(11)22(10)15)16(23)21-13-8-19-20-9-13/h2-3,6-10H,4-5H2,1H3,(H,18,24)(H,19,20)(H,21,23). The number of aromatic amines is 1. The number of nitrogens with zero attached hydrogens (tertiary/aromatic N) is 2. The molecule has 24 heavy (non-hydrogen) atoms. The third kappa shape index (κ3) is 2.34. The van der Waals surface area contributed by atoms with Gasteiger partial charge in [0.1, 0.15) is 5.69 Å². The average molecular weight is 323 g/mol. The molecule has 2 amide bonds. The second kappa shape index (κ2) is 5.52.